The van der Waals surface area contributed by atoms with Crippen molar-refractivity contribution in [3.05, 3.63) is 45.9 Å². The maximum atomic E-state index is 13.2. The Morgan fingerprint density at radius 2 is 1.83 bits per heavy atom. The quantitative estimate of drug-likeness (QED) is 0.393. The number of rotatable bonds is 8. The molecular formula is C21H23BrN2O5S. The molecule has 2 aromatic carbocycles. The minimum Gasteiger partial charge on any atom is -0.505 e. The van der Waals surface area contributed by atoms with Crippen molar-refractivity contribution in [3.63, 3.8) is 0 Å². The molecule has 2 saturated carbocycles. The predicted molar refractivity (Wildman–Crippen MR) is 118 cm³/mol. The van der Waals surface area contributed by atoms with Crippen LogP contribution >= 0.6 is 15.9 Å². The van der Waals surface area contributed by atoms with Crippen LogP contribution in [0.15, 0.2) is 39.7 Å². The molecule has 30 heavy (non-hydrogen) atoms. The first-order chi connectivity index (χ1) is 14.2. The number of carboxylic acid groups (broad SMARTS) is 1. The third-order valence-electron chi connectivity index (χ3n) is 5.60. The second-order valence-electron chi connectivity index (χ2n) is 8.06. The normalized spacial score (nSPS) is 17.4. The molecule has 7 nitrogen and oxygen atoms in total. The Hall–Kier alpha value is -2.26. The number of halogens is 1. The Kier molecular flexibility index (Phi) is 5.44. The van der Waals surface area contributed by atoms with Crippen LogP contribution in [-0.2, 0) is 10.0 Å². The molecule has 0 radical (unpaired) electrons. The molecule has 0 spiro atoms. The van der Waals surface area contributed by atoms with Crippen molar-refractivity contribution in [2.45, 2.75) is 49.5 Å². The molecule has 2 aliphatic rings. The summed E-state index contributed by atoms with van der Waals surface area (Å²) in [5.74, 6) is -1.19. The van der Waals surface area contributed by atoms with E-state index in [1.165, 1.54) is 18.2 Å². The van der Waals surface area contributed by atoms with E-state index in [1.807, 2.05) is 6.92 Å². The van der Waals surface area contributed by atoms with Gasteiger partial charge in [0, 0.05) is 10.5 Å². The number of benzene rings is 2. The van der Waals surface area contributed by atoms with Gasteiger partial charge in [0.2, 0.25) is 0 Å². The van der Waals surface area contributed by atoms with Crippen LogP contribution in [-0.4, -0.2) is 30.6 Å². The molecular weight excluding hydrogens is 472 g/mol. The Morgan fingerprint density at radius 1 is 1.13 bits per heavy atom. The van der Waals surface area contributed by atoms with Crippen molar-refractivity contribution >= 4 is 43.3 Å². The zero-order valence-electron chi connectivity index (χ0n) is 16.4. The highest BCUT2D eigenvalue weighted by atomic mass is 79.9. The van der Waals surface area contributed by atoms with E-state index >= 15 is 0 Å². The van der Waals surface area contributed by atoms with E-state index < -0.39 is 21.7 Å². The largest absolute Gasteiger partial charge is 0.505 e. The van der Waals surface area contributed by atoms with E-state index in [9.17, 15) is 23.4 Å². The fraction of sp³-hybridized carbons (Fsp3) is 0.381. The number of phenols is 1. The van der Waals surface area contributed by atoms with Crippen molar-refractivity contribution in [2.75, 3.05) is 10.0 Å². The van der Waals surface area contributed by atoms with Gasteiger partial charge in [-0.3, -0.25) is 4.72 Å². The average molecular weight is 495 g/mol. The van der Waals surface area contributed by atoms with Gasteiger partial charge in [0.15, 0.2) is 5.75 Å². The minimum absolute atomic E-state index is 0.0254. The summed E-state index contributed by atoms with van der Waals surface area (Å²) in [5, 5.41) is 23.1. The lowest BCUT2D eigenvalue weighted by Crippen LogP contribution is -2.21. The number of aromatic carboxylic acids is 1. The molecule has 160 valence electrons. The number of anilines is 2. The topological polar surface area (TPSA) is 116 Å². The average Bonchev–Trinajstić information content (AvgIpc) is 3.55. The first-order valence-corrected chi connectivity index (χ1v) is 12.1. The van der Waals surface area contributed by atoms with Gasteiger partial charge in [0.1, 0.15) is 10.5 Å². The molecule has 0 aliphatic heterocycles. The number of nitrogens with one attached hydrogen (secondary N) is 2. The van der Waals surface area contributed by atoms with Crippen molar-refractivity contribution in [2.24, 2.45) is 5.92 Å². The molecule has 0 amide bonds. The van der Waals surface area contributed by atoms with Crippen LogP contribution in [0.3, 0.4) is 0 Å². The van der Waals surface area contributed by atoms with E-state index in [2.05, 4.69) is 26.0 Å². The van der Waals surface area contributed by atoms with E-state index in [4.69, 9.17) is 0 Å². The Balaban J connectivity index is 1.71. The van der Waals surface area contributed by atoms with E-state index in [-0.39, 0.29) is 28.1 Å². The summed E-state index contributed by atoms with van der Waals surface area (Å²) in [5.41, 5.74) is 0.726. The highest BCUT2D eigenvalue weighted by molar-refractivity contribution is 9.10. The Labute approximate surface area is 183 Å². The number of hydrogen-bond donors (Lipinski definition) is 4. The molecule has 2 fully saturated rings. The van der Waals surface area contributed by atoms with Gasteiger partial charge in [-0.05, 0) is 80.3 Å². The summed E-state index contributed by atoms with van der Waals surface area (Å²) in [7, 11) is -4.10. The third-order valence-corrected chi connectivity index (χ3v) is 7.50. The van der Waals surface area contributed by atoms with Crippen LogP contribution in [0, 0.1) is 5.92 Å². The van der Waals surface area contributed by atoms with Gasteiger partial charge in [0.25, 0.3) is 10.0 Å². The van der Waals surface area contributed by atoms with Gasteiger partial charge in [-0.1, -0.05) is 15.9 Å². The highest BCUT2D eigenvalue weighted by Crippen LogP contribution is 2.44. The number of sulfonamides is 1. The molecule has 2 aromatic rings. The molecule has 4 rings (SSSR count). The van der Waals surface area contributed by atoms with Crippen LogP contribution in [0.25, 0.3) is 0 Å². The SMILES string of the molecule is C[C@@H](Nc1ccc(Br)cc1S(=O)(=O)Nc1cc(C2CC2)cc(C(=O)O)c1O)C1CC1. The number of hydrogen-bond acceptors (Lipinski definition) is 5. The van der Waals surface area contributed by atoms with Crippen LogP contribution in [0.2, 0.25) is 0 Å². The fourth-order valence-corrected chi connectivity index (χ4v) is 5.31. The van der Waals surface area contributed by atoms with Crippen molar-refractivity contribution < 1.29 is 23.4 Å². The molecule has 4 N–H and O–H groups in total. The Bertz CT molecular complexity index is 1110. The molecule has 0 bridgehead atoms. The van der Waals surface area contributed by atoms with Gasteiger partial charge >= 0.3 is 5.97 Å². The predicted octanol–water partition coefficient (Wildman–Crippen LogP) is 4.74. The summed E-state index contributed by atoms with van der Waals surface area (Å²) in [4.78, 5) is 11.6. The standard InChI is InChI=1S/C21H23BrN2O5S/c1-11(12-2-3-12)23-17-7-6-15(22)10-19(17)30(28,29)24-18-9-14(13-4-5-13)8-16(20(18)25)21(26)27/h6-13,23-25H,2-5H2,1H3,(H,26,27)/t11-/m1/s1. The van der Waals surface area contributed by atoms with Crippen LogP contribution in [0.1, 0.15) is 54.4 Å². The second-order valence-corrected chi connectivity index (χ2v) is 10.6. The Morgan fingerprint density at radius 3 is 2.43 bits per heavy atom. The summed E-state index contributed by atoms with van der Waals surface area (Å²) in [6.07, 6.45) is 4.05. The molecule has 0 aromatic heterocycles. The lowest BCUT2D eigenvalue weighted by Gasteiger charge is -2.19. The molecule has 0 saturated heterocycles. The maximum Gasteiger partial charge on any atom is 0.339 e. The van der Waals surface area contributed by atoms with Crippen LogP contribution in [0.4, 0.5) is 11.4 Å². The summed E-state index contributed by atoms with van der Waals surface area (Å²) < 4.78 is 29.5. The van der Waals surface area contributed by atoms with Gasteiger partial charge < -0.3 is 15.5 Å². The lowest BCUT2D eigenvalue weighted by molar-refractivity contribution is 0.0693. The summed E-state index contributed by atoms with van der Waals surface area (Å²) in [6, 6.07) is 8.01. The molecule has 9 heteroatoms. The van der Waals surface area contributed by atoms with Crippen molar-refractivity contribution in [3.8, 4) is 5.75 Å². The number of carboxylic acids is 1. The smallest absolute Gasteiger partial charge is 0.339 e. The van der Waals surface area contributed by atoms with Crippen LogP contribution < -0.4 is 10.0 Å². The monoisotopic (exact) mass is 494 g/mol. The van der Waals surface area contributed by atoms with Gasteiger partial charge in [0.05, 0.1) is 11.4 Å². The number of carbonyl (C=O) groups is 1. The zero-order chi connectivity index (χ0) is 21.6. The van der Waals surface area contributed by atoms with Crippen LogP contribution in [0.5, 0.6) is 5.75 Å². The highest BCUT2D eigenvalue weighted by Gasteiger charge is 2.31. The number of aromatic hydroxyl groups is 1. The molecule has 1 atom stereocenters. The van der Waals surface area contributed by atoms with Gasteiger partial charge in [-0.2, -0.15) is 0 Å². The van der Waals surface area contributed by atoms with E-state index in [1.54, 1.807) is 12.1 Å². The zero-order valence-corrected chi connectivity index (χ0v) is 18.8. The third kappa shape index (κ3) is 4.41. The second kappa shape index (κ2) is 7.77. The van der Waals surface area contributed by atoms with Crippen molar-refractivity contribution in [1.29, 1.82) is 0 Å². The van der Waals surface area contributed by atoms with E-state index in [0.29, 0.717) is 21.6 Å². The molecule has 2 aliphatic carbocycles. The fourth-order valence-electron chi connectivity index (χ4n) is 3.55. The first kappa shape index (κ1) is 21.0. The van der Waals surface area contributed by atoms with Gasteiger partial charge in [-0.15, -0.1) is 0 Å². The van der Waals surface area contributed by atoms with E-state index in [0.717, 1.165) is 25.7 Å². The first-order valence-electron chi connectivity index (χ1n) is 9.85. The maximum absolute atomic E-state index is 13.2. The molecule has 0 heterocycles. The summed E-state index contributed by atoms with van der Waals surface area (Å²) in [6.45, 7) is 2.02. The van der Waals surface area contributed by atoms with Gasteiger partial charge in [-0.25, -0.2) is 13.2 Å². The minimum atomic E-state index is -4.10. The van der Waals surface area contributed by atoms with Crippen molar-refractivity contribution in [1.82, 2.24) is 0 Å². The summed E-state index contributed by atoms with van der Waals surface area (Å²) >= 11 is 3.32. The lowest BCUT2D eigenvalue weighted by atomic mass is 10.0. The molecule has 0 unspecified atom stereocenters.